The number of aromatic nitrogens is 2. The molecule has 1 amide bonds. The van der Waals surface area contributed by atoms with Gasteiger partial charge >= 0.3 is 6.09 Å². The molecule has 1 aliphatic heterocycles. The van der Waals surface area contributed by atoms with Crippen molar-refractivity contribution >= 4 is 22.9 Å². The summed E-state index contributed by atoms with van der Waals surface area (Å²) in [4.78, 5) is 30.8. The van der Waals surface area contributed by atoms with Crippen molar-refractivity contribution in [2.75, 3.05) is 19.7 Å². The highest BCUT2D eigenvalue weighted by Crippen LogP contribution is 2.22. The summed E-state index contributed by atoms with van der Waals surface area (Å²) in [5.41, 5.74) is 1.71. The van der Waals surface area contributed by atoms with Crippen molar-refractivity contribution in [2.45, 2.75) is 45.8 Å². The molecule has 1 aromatic carbocycles. The summed E-state index contributed by atoms with van der Waals surface area (Å²) in [6.07, 6.45) is -0.379. The van der Waals surface area contributed by atoms with E-state index in [9.17, 15) is 19.8 Å². The number of rotatable bonds is 7. The largest absolute Gasteiger partial charge is 0.465 e. The second kappa shape index (κ2) is 8.92. The van der Waals surface area contributed by atoms with Gasteiger partial charge in [-0.15, -0.1) is 0 Å². The van der Waals surface area contributed by atoms with E-state index >= 15 is 0 Å². The maximum absolute atomic E-state index is 13.5. The maximum Gasteiger partial charge on any atom is 0.407 e. The fraction of sp³-hybridized carbons (Fsp3) is 0.571. The summed E-state index contributed by atoms with van der Waals surface area (Å²) >= 11 is 0. The van der Waals surface area contributed by atoms with E-state index in [0.29, 0.717) is 31.9 Å². The first-order chi connectivity index (χ1) is 13.8. The molecule has 1 saturated heterocycles. The Labute approximate surface area is 170 Å². The highest BCUT2D eigenvalue weighted by Gasteiger charge is 2.34. The highest BCUT2D eigenvalue weighted by atomic mass is 16.4. The monoisotopic (exact) mass is 402 g/mol. The number of para-hydroxylation sites is 2. The molecule has 3 rings (SSSR count). The number of piperidine rings is 1. The van der Waals surface area contributed by atoms with Crippen LogP contribution in [0.2, 0.25) is 0 Å². The number of Topliss-reactive ketones (excluding diaryl/α,β-unsaturated/α-hetero) is 1. The zero-order chi connectivity index (χ0) is 21.1. The molecule has 158 valence electrons. The molecule has 2 aromatic rings. The predicted octanol–water partition coefficient (Wildman–Crippen LogP) is 2.21. The number of imidazole rings is 1. The van der Waals surface area contributed by atoms with Crippen molar-refractivity contribution in [3.8, 4) is 0 Å². The second-order valence-corrected chi connectivity index (χ2v) is 8.09. The van der Waals surface area contributed by atoms with Gasteiger partial charge in [-0.1, -0.05) is 26.0 Å². The minimum Gasteiger partial charge on any atom is -0.465 e. The van der Waals surface area contributed by atoms with E-state index < -0.39 is 12.1 Å². The van der Waals surface area contributed by atoms with E-state index in [0.717, 1.165) is 11.0 Å². The van der Waals surface area contributed by atoms with Crippen molar-refractivity contribution in [1.29, 1.82) is 0 Å². The van der Waals surface area contributed by atoms with Gasteiger partial charge in [-0.25, -0.2) is 9.78 Å². The third-order valence-corrected chi connectivity index (χ3v) is 5.62. The number of amides is 1. The summed E-state index contributed by atoms with van der Waals surface area (Å²) in [5.74, 6) is 0.191. The predicted molar refractivity (Wildman–Crippen MR) is 110 cm³/mol. The molecule has 0 bridgehead atoms. The molecule has 1 aromatic heterocycles. The molecule has 8 heteroatoms. The van der Waals surface area contributed by atoms with Crippen LogP contribution in [-0.4, -0.2) is 68.3 Å². The van der Waals surface area contributed by atoms with E-state index in [-0.39, 0.29) is 30.3 Å². The molecule has 1 fully saturated rings. The van der Waals surface area contributed by atoms with Gasteiger partial charge in [0.25, 0.3) is 0 Å². The third kappa shape index (κ3) is 4.43. The summed E-state index contributed by atoms with van der Waals surface area (Å²) in [6, 6.07) is 6.99. The van der Waals surface area contributed by atoms with Crippen LogP contribution < -0.4 is 5.32 Å². The zero-order valence-electron chi connectivity index (χ0n) is 17.2. The van der Waals surface area contributed by atoms with Gasteiger partial charge in [0.15, 0.2) is 5.82 Å². The molecule has 1 aliphatic rings. The molecular formula is C21H30N4O4. The Morgan fingerprint density at radius 2 is 2.00 bits per heavy atom. The molecule has 0 aliphatic carbocycles. The number of aliphatic hydroxyl groups excluding tert-OH is 1. The van der Waals surface area contributed by atoms with Gasteiger partial charge in [0.2, 0.25) is 5.78 Å². The Balaban J connectivity index is 1.86. The number of hydrogen-bond donors (Lipinski definition) is 3. The molecule has 3 N–H and O–H groups in total. The average molecular weight is 402 g/mol. The number of carbonyl (C=O) groups excluding carboxylic acids is 1. The molecule has 3 atom stereocenters. The number of likely N-dealkylation sites (tertiary alicyclic amines) is 1. The third-order valence-electron chi connectivity index (χ3n) is 5.62. The Morgan fingerprint density at radius 1 is 1.28 bits per heavy atom. The lowest BCUT2D eigenvalue weighted by Gasteiger charge is -2.38. The van der Waals surface area contributed by atoms with Crippen LogP contribution in [0.3, 0.4) is 0 Å². The van der Waals surface area contributed by atoms with Crippen LogP contribution in [0.15, 0.2) is 24.3 Å². The Hall–Kier alpha value is -2.45. The average Bonchev–Trinajstić information content (AvgIpc) is 3.09. The molecule has 0 spiro atoms. The van der Waals surface area contributed by atoms with Crippen LogP contribution in [0.1, 0.15) is 37.8 Å². The standard InChI is InChI=1S/C21H30N4O4/c1-4-25-17-8-6-5-7-16(17)23-20(25)19(27)18(13(2)3)22-15-9-14(12-26)10-24(11-15)21(28)29/h5-8,13-15,18,22,26H,4,9-12H2,1-3H3,(H,28,29)/t14-,15+,18?/m1/s1. The molecular weight excluding hydrogens is 372 g/mol. The van der Waals surface area contributed by atoms with E-state index in [1.807, 2.05) is 49.6 Å². The fourth-order valence-corrected chi connectivity index (χ4v) is 4.16. The summed E-state index contributed by atoms with van der Waals surface area (Å²) in [6.45, 7) is 7.09. The van der Waals surface area contributed by atoms with Gasteiger partial charge < -0.3 is 25.0 Å². The normalized spacial score (nSPS) is 20.9. The lowest BCUT2D eigenvalue weighted by molar-refractivity contribution is 0.0744. The molecule has 8 nitrogen and oxygen atoms in total. The minimum absolute atomic E-state index is 0.000370. The number of carbonyl (C=O) groups is 2. The van der Waals surface area contributed by atoms with Gasteiger partial charge in [0.05, 0.1) is 17.1 Å². The van der Waals surface area contributed by atoms with Gasteiger partial charge in [-0.2, -0.15) is 0 Å². The molecule has 0 saturated carbocycles. The summed E-state index contributed by atoms with van der Waals surface area (Å²) < 4.78 is 1.93. The summed E-state index contributed by atoms with van der Waals surface area (Å²) in [5, 5.41) is 22.3. The summed E-state index contributed by atoms with van der Waals surface area (Å²) in [7, 11) is 0. The van der Waals surface area contributed by atoms with Crippen LogP contribution in [0.25, 0.3) is 11.0 Å². The topological polar surface area (TPSA) is 108 Å². The lowest BCUT2D eigenvalue weighted by atomic mass is 9.92. The SMILES string of the molecule is CCn1c(C(=O)C(N[C@H]2C[C@@H](CO)CN(C(=O)O)C2)C(C)C)nc2ccccc21. The first-order valence-electron chi connectivity index (χ1n) is 10.2. The molecule has 2 heterocycles. The first-order valence-corrected chi connectivity index (χ1v) is 10.2. The number of benzene rings is 1. The van der Waals surface area contributed by atoms with Gasteiger partial charge in [0, 0.05) is 38.2 Å². The van der Waals surface area contributed by atoms with Crippen LogP contribution >= 0.6 is 0 Å². The minimum atomic E-state index is -1.00. The van der Waals surface area contributed by atoms with E-state index in [4.69, 9.17) is 0 Å². The van der Waals surface area contributed by atoms with Crippen molar-refractivity contribution in [3.05, 3.63) is 30.1 Å². The Kier molecular flexibility index (Phi) is 6.54. The Morgan fingerprint density at radius 3 is 2.62 bits per heavy atom. The number of hydrogen-bond acceptors (Lipinski definition) is 5. The number of carboxylic acid groups (broad SMARTS) is 1. The van der Waals surface area contributed by atoms with E-state index in [2.05, 4.69) is 10.3 Å². The maximum atomic E-state index is 13.5. The number of nitrogens with one attached hydrogen (secondary N) is 1. The smallest absolute Gasteiger partial charge is 0.407 e. The number of aryl methyl sites for hydroxylation is 1. The quantitative estimate of drug-likeness (QED) is 0.613. The van der Waals surface area contributed by atoms with Gasteiger partial charge in [-0.05, 0) is 31.4 Å². The molecule has 1 unspecified atom stereocenters. The van der Waals surface area contributed by atoms with Crippen molar-refractivity contribution < 1.29 is 19.8 Å². The fourth-order valence-electron chi connectivity index (χ4n) is 4.16. The number of fused-ring (bicyclic) bond motifs is 1. The van der Waals surface area contributed by atoms with Crippen LogP contribution in [-0.2, 0) is 6.54 Å². The number of aliphatic hydroxyl groups is 1. The second-order valence-electron chi connectivity index (χ2n) is 8.09. The van der Waals surface area contributed by atoms with Crippen molar-refractivity contribution in [1.82, 2.24) is 19.8 Å². The lowest BCUT2D eigenvalue weighted by Crippen LogP contribution is -2.56. The van der Waals surface area contributed by atoms with Crippen LogP contribution in [0.5, 0.6) is 0 Å². The highest BCUT2D eigenvalue weighted by molar-refractivity contribution is 6.00. The first kappa shape index (κ1) is 21.3. The molecule has 0 radical (unpaired) electrons. The van der Waals surface area contributed by atoms with Crippen LogP contribution in [0, 0.1) is 11.8 Å². The van der Waals surface area contributed by atoms with Gasteiger partial charge in [-0.3, -0.25) is 4.79 Å². The van der Waals surface area contributed by atoms with Crippen LogP contribution in [0.4, 0.5) is 4.79 Å². The van der Waals surface area contributed by atoms with Crippen molar-refractivity contribution in [3.63, 3.8) is 0 Å². The zero-order valence-corrected chi connectivity index (χ0v) is 17.2. The number of nitrogens with zero attached hydrogens (tertiary/aromatic N) is 3. The van der Waals surface area contributed by atoms with Crippen molar-refractivity contribution in [2.24, 2.45) is 11.8 Å². The number of ketones is 1. The van der Waals surface area contributed by atoms with E-state index in [1.165, 1.54) is 4.90 Å². The van der Waals surface area contributed by atoms with Gasteiger partial charge in [0.1, 0.15) is 0 Å². The molecule has 29 heavy (non-hydrogen) atoms. The van der Waals surface area contributed by atoms with E-state index in [1.54, 1.807) is 0 Å². The Bertz CT molecular complexity index is 879.